The molecule has 3 aromatic rings. The van der Waals surface area contributed by atoms with Crippen LogP contribution in [0, 0.1) is 6.92 Å². The molecule has 1 aliphatic rings. The maximum absolute atomic E-state index is 13.1. The van der Waals surface area contributed by atoms with Gasteiger partial charge < -0.3 is 18.8 Å². The third-order valence-corrected chi connectivity index (χ3v) is 4.85. The van der Waals surface area contributed by atoms with Gasteiger partial charge in [0.1, 0.15) is 17.5 Å². The van der Waals surface area contributed by atoms with Gasteiger partial charge in [-0.15, -0.1) is 0 Å². The summed E-state index contributed by atoms with van der Waals surface area (Å²) in [6.07, 6.45) is 1.40. The van der Waals surface area contributed by atoms with Crippen LogP contribution in [0.5, 0.6) is 0 Å². The van der Waals surface area contributed by atoms with Gasteiger partial charge in [0.05, 0.1) is 5.56 Å². The van der Waals surface area contributed by atoms with Crippen LogP contribution in [0.25, 0.3) is 11.1 Å². The summed E-state index contributed by atoms with van der Waals surface area (Å²) in [7, 11) is 1.62. The standard InChI is InChI=1S/C19H20N4O3/c1-13-15(16-17(26-13)20-12-21(2)18(16)24)19(25)23-10-8-22(9-11-23)14-6-4-3-5-7-14/h3-7,12H,8-11H2,1-2H3. The number of para-hydroxylation sites is 1. The van der Waals surface area contributed by atoms with Gasteiger partial charge in [-0.25, -0.2) is 4.98 Å². The second-order valence-electron chi connectivity index (χ2n) is 6.49. The average molecular weight is 352 g/mol. The van der Waals surface area contributed by atoms with E-state index < -0.39 is 0 Å². The number of hydrogen-bond acceptors (Lipinski definition) is 5. The number of fused-ring (bicyclic) bond motifs is 1. The summed E-state index contributed by atoms with van der Waals surface area (Å²) in [5.74, 6) is 0.269. The first kappa shape index (κ1) is 16.4. The van der Waals surface area contributed by atoms with Gasteiger partial charge in [0, 0.05) is 38.9 Å². The van der Waals surface area contributed by atoms with E-state index in [2.05, 4.69) is 22.0 Å². The zero-order chi connectivity index (χ0) is 18.3. The molecule has 0 saturated carbocycles. The summed E-state index contributed by atoms with van der Waals surface area (Å²) in [4.78, 5) is 33.7. The highest BCUT2D eigenvalue weighted by atomic mass is 16.3. The minimum Gasteiger partial charge on any atom is -0.442 e. The molecule has 4 rings (SSSR count). The summed E-state index contributed by atoms with van der Waals surface area (Å²) < 4.78 is 6.92. The molecule has 1 saturated heterocycles. The summed E-state index contributed by atoms with van der Waals surface area (Å²) in [5, 5.41) is 0.267. The molecule has 1 aromatic carbocycles. The number of nitrogens with zero attached hydrogens (tertiary/aromatic N) is 4. The van der Waals surface area contributed by atoms with Crippen LogP contribution in [0.2, 0.25) is 0 Å². The van der Waals surface area contributed by atoms with Crippen molar-refractivity contribution < 1.29 is 9.21 Å². The number of benzene rings is 1. The van der Waals surface area contributed by atoms with E-state index in [4.69, 9.17) is 4.42 Å². The Balaban J connectivity index is 1.60. The summed E-state index contributed by atoms with van der Waals surface area (Å²) >= 11 is 0. The molecule has 2 aromatic heterocycles. The zero-order valence-electron chi connectivity index (χ0n) is 14.8. The van der Waals surface area contributed by atoms with E-state index in [0.717, 1.165) is 18.8 Å². The smallest absolute Gasteiger partial charge is 0.265 e. The Morgan fingerprint density at radius 1 is 1.12 bits per heavy atom. The van der Waals surface area contributed by atoms with Crippen molar-refractivity contribution >= 4 is 22.7 Å². The molecule has 1 aliphatic heterocycles. The fourth-order valence-corrected chi connectivity index (χ4v) is 3.41. The lowest BCUT2D eigenvalue weighted by atomic mass is 10.1. The normalized spacial score (nSPS) is 14.8. The molecular formula is C19H20N4O3. The van der Waals surface area contributed by atoms with Crippen LogP contribution >= 0.6 is 0 Å². The third kappa shape index (κ3) is 2.65. The van der Waals surface area contributed by atoms with Gasteiger partial charge in [-0.1, -0.05) is 18.2 Å². The predicted molar refractivity (Wildman–Crippen MR) is 98.5 cm³/mol. The molecule has 0 unspecified atom stereocenters. The molecular weight excluding hydrogens is 332 g/mol. The Morgan fingerprint density at radius 2 is 1.81 bits per heavy atom. The number of aryl methyl sites for hydroxylation is 2. The number of amides is 1. The van der Waals surface area contributed by atoms with Crippen molar-refractivity contribution in [1.82, 2.24) is 14.5 Å². The molecule has 0 bridgehead atoms. The van der Waals surface area contributed by atoms with E-state index in [-0.39, 0.29) is 22.6 Å². The van der Waals surface area contributed by atoms with Crippen molar-refractivity contribution in [3.05, 3.63) is 58.3 Å². The van der Waals surface area contributed by atoms with Crippen LogP contribution in [0.4, 0.5) is 5.69 Å². The van der Waals surface area contributed by atoms with E-state index >= 15 is 0 Å². The lowest BCUT2D eigenvalue weighted by Gasteiger charge is -2.36. The second-order valence-corrected chi connectivity index (χ2v) is 6.49. The number of rotatable bonds is 2. The zero-order valence-corrected chi connectivity index (χ0v) is 14.8. The van der Waals surface area contributed by atoms with Gasteiger partial charge >= 0.3 is 0 Å². The number of carbonyl (C=O) groups excluding carboxylic acids is 1. The Morgan fingerprint density at radius 3 is 2.50 bits per heavy atom. The third-order valence-electron chi connectivity index (χ3n) is 4.85. The Labute approximate surface area is 150 Å². The number of furan rings is 1. The molecule has 1 amide bonds. The van der Waals surface area contributed by atoms with Crippen LogP contribution in [0.1, 0.15) is 16.1 Å². The van der Waals surface area contributed by atoms with Gasteiger partial charge in [0.15, 0.2) is 0 Å². The Bertz CT molecular complexity index is 1010. The summed E-state index contributed by atoms with van der Waals surface area (Å²) in [5.41, 5.74) is 1.44. The predicted octanol–water partition coefficient (Wildman–Crippen LogP) is 1.80. The minimum atomic E-state index is -0.266. The Hall–Kier alpha value is -3.09. The highest BCUT2D eigenvalue weighted by molar-refractivity contribution is 6.06. The van der Waals surface area contributed by atoms with Crippen LogP contribution < -0.4 is 10.5 Å². The van der Waals surface area contributed by atoms with Crippen molar-refractivity contribution in [3.63, 3.8) is 0 Å². The second kappa shape index (κ2) is 6.33. The molecule has 1 fully saturated rings. The number of piperazine rings is 1. The van der Waals surface area contributed by atoms with Crippen molar-refractivity contribution in [1.29, 1.82) is 0 Å². The average Bonchev–Trinajstić information content (AvgIpc) is 3.02. The largest absolute Gasteiger partial charge is 0.442 e. The monoisotopic (exact) mass is 352 g/mol. The van der Waals surface area contributed by atoms with Crippen molar-refractivity contribution in [2.45, 2.75) is 6.92 Å². The van der Waals surface area contributed by atoms with Crippen LogP contribution in [0.15, 0.2) is 45.9 Å². The first-order valence-electron chi connectivity index (χ1n) is 8.60. The fraction of sp³-hybridized carbons (Fsp3) is 0.316. The molecule has 0 spiro atoms. The fourth-order valence-electron chi connectivity index (χ4n) is 3.41. The molecule has 0 atom stereocenters. The van der Waals surface area contributed by atoms with Crippen LogP contribution in [-0.4, -0.2) is 46.5 Å². The number of anilines is 1. The van der Waals surface area contributed by atoms with Crippen LogP contribution in [-0.2, 0) is 7.05 Å². The molecule has 0 N–H and O–H groups in total. The Kier molecular flexibility index (Phi) is 3.99. The molecule has 3 heterocycles. The SMILES string of the molecule is Cc1oc2ncn(C)c(=O)c2c1C(=O)N1CCN(c2ccccc2)CC1. The molecule has 7 nitrogen and oxygen atoms in total. The summed E-state index contributed by atoms with van der Waals surface area (Å²) in [6.45, 7) is 4.40. The van der Waals surface area contributed by atoms with Crippen molar-refractivity contribution in [2.75, 3.05) is 31.1 Å². The highest BCUT2D eigenvalue weighted by Crippen LogP contribution is 2.24. The number of carbonyl (C=O) groups is 1. The van der Waals surface area contributed by atoms with Crippen molar-refractivity contribution in [3.8, 4) is 0 Å². The first-order valence-corrected chi connectivity index (χ1v) is 8.60. The number of hydrogen-bond donors (Lipinski definition) is 0. The first-order chi connectivity index (χ1) is 12.6. The quantitative estimate of drug-likeness (QED) is 0.703. The van der Waals surface area contributed by atoms with Gasteiger partial charge in [0.2, 0.25) is 5.71 Å². The topological polar surface area (TPSA) is 71.6 Å². The van der Waals surface area contributed by atoms with Gasteiger partial charge in [-0.3, -0.25) is 9.59 Å². The van der Waals surface area contributed by atoms with Gasteiger partial charge in [-0.05, 0) is 19.1 Å². The van der Waals surface area contributed by atoms with Gasteiger partial charge in [0.25, 0.3) is 11.5 Å². The molecule has 0 radical (unpaired) electrons. The number of aromatic nitrogens is 2. The van der Waals surface area contributed by atoms with Crippen molar-refractivity contribution in [2.24, 2.45) is 7.05 Å². The van der Waals surface area contributed by atoms with Crippen LogP contribution in [0.3, 0.4) is 0 Å². The van der Waals surface area contributed by atoms with E-state index in [1.807, 2.05) is 18.2 Å². The van der Waals surface area contributed by atoms with E-state index in [1.165, 1.54) is 10.9 Å². The lowest BCUT2D eigenvalue weighted by molar-refractivity contribution is 0.0746. The molecule has 0 aliphatic carbocycles. The molecule has 26 heavy (non-hydrogen) atoms. The maximum atomic E-state index is 13.1. The highest BCUT2D eigenvalue weighted by Gasteiger charge is 2.28. The maximum Gasteiger partial charge on any atom is 0.265 e. The molecule has 134 valence electrons. The lowest BCUT2D eigenvalue weighted by Crippen LogP contribution is -2.49. The van der Waals surface area contributed by atoms with E-state index in [9.17, 15) is 9.59 Å². The van der Waals surface area contributed by atoms with E-state index in [0.29, 0.717) is 24.4 Å². The summed E-state index contributed by atoms with van der Waals surface area (Å²) in [6, 6.07) is 10.2. The minimum absolute atomic E-state index is 0.168. The van der Waals surface area contributed by atoms with Gasteiger partial charge in [-0.2, -0.15) is 0 Å². The van der Waals surface area contributed by atoms with E-state index in [1.54, 1.807) is 18.9 Å². The molecule has 7 heteroatoms.